The van der Waals surface area contributed by atoms with E-state index in [2.05, 4.69) is 9.72 Å². The third-order valence-corrected chi connectivity index (χ3v) is 3.93. The molecule has 5 nitrogen and oxygen atoms in total. The van der Waals surface area contributed by atoms with Crippen LogP contribution < -0.4 is 4.74 Å². The average molecular weight is 288 g/mol. The number of ether oxygens (including phenoxy) is 2. The average Bonchev–Trinajstić information content (AvgIpc) is 3.00. The molecule has 0 aliphatic heterocycles. The molecular weight excluding hydrogens is 276 g/mol. The van der Waals surface area contributed by atoms with Crippen molar-refractivity contribution in [3.8, 4) is 5.75 Å². The smallest absolute Gasteiger partial charge is 0.330 e. The highest BCUT2D eigenvalue weighted by molar-refractivity contribution is 7.23. The molecule has 0 atom stereocenters. The number of esters is 1. The Labute approximate surface area is 119 Å². The van der Waals surface area contributed by atoms with Crippen LogP contribution in [-0.2, 0) is 9.53 Å². The molecule has 0 saturated heterocycles. The summed E-state index contributed by atoms with van der Waals surface area (Å²) in [6, 6.07) is 5.89. The summed E-state index contributed by atoms with van der Waals surface area (Å²) in [7, 11) is 2.99. The van der Waals surface area contributed by atoms with Crippen molar-refractivity contribution in [3.05, 3.63) is 36.2 Å². The summed E-state index contributed by atoms with van der Waals surface area (Å²) in [5.41, 5.74) is 1.79. The molecule has 0 unspecified atom stereocenters. The zero-order valence-electron chi connectivity index (χ0n) is 11.0. The van der Waals surface area contributed by atoms with Gasteiger partial charge in [0.2, 0.25) is 0 Å². The van der Waals surface area contributed by atoms with Crippen LogP contribution in [0.15, 0.2) is 30.5 Å². The maximum absolute atomic E-state index is 11.1. The summed E-state index contributed by atoms with van der Waals surface area (Å²) in [6.07, 6.45) is 4.89. The van der Waals surface area contributed by atoms with Gasteiger partial charge in [-0.1, -0.05) is 11.3 Å². The molecular formula is C14H12N2O3S. The predicted molar refractivity (Wildman–Crippen MR) is 78.2 cm³/mol. The fraction of sp³-hybridized carbons (Fsp3) is 0.143. The highest BCUT2D eigenvalue weighted by Crippen LogP contribution is 2.29. The van der Waals surface area contributed by atoms with Crippen LogP contribution in [0.3, 0.4) is 0 Å². The third kappa shape index (κ3) is 2.14. The minimum Gasteiger partial charge on any atom is -0.497 e. The highest BCUT2D eigenvalue weighted by atomic mass is 32.1. The van der Waals surface area contributed by atoms with Gasteiger partial charge in [0.05, 0.1) is 30.1 Å². The molecule has 3 rings (SSSR count). The Morgan fingerprint density at radius 2 is 2.25 bits per heavy atom. The van der Waals surface area contributed by atoms with E-state index in [1.165, 1.54) is 13.2 Å². The summed E-state index contributed by atoms with van der Waals surface area (Å²) in [4.78, 5) is 16.4. The van der Waals surface area contributed by atoms with Crippen LogP contribution in [0.25, 0.3) is 21.3 Å². The molecule has 1 aromatic carbocycles. The zero-order chi connectivity index (χ0) is 14.1. The Bertz CT molecular complexity index is 816. The third-order valence-electron chi connectivity index (χ3n) is 2.91. The number of aromatic nitrogens is 2. The van der Waals surface area contributed by atoms with Gasteiger partial charge in [-0.05, 0) is 24.3 Å². The Hall–Kier alpha value is -2.34. The van der Waals surface area contributed by atoms with Crippen molar-refractivity contribution in [1.82, 2.24) is 9.38 Å². The van der Waals surface area contributed by atoms with Crippen molar-refractivity contribution in [2.75, 3.05) is 14.2 Å². The first kappa shape index (κ1) is 12.7. The fourth-order valence-electron chi connectivity index (χ4n) is 1.93. The van der Waals surface area contributed by atoms with Crippen molar-refractivity contribution in [1.29, 1.82) is 0 Å². The molecule has 2 heterocycles. The minimum absolute atomic E-state index is 0.393. The van der Waals surface area contributed by atoms with Gasteiger partial charge in [0.15, 0.2) is 4.96 Å². The quantitative estimate of drug-likeness (QED) is 0.549. The van der Waals surface area contributed by atoms with E-state index < -0.39 is 5.97 Å². The van der Waals surface area contributed by atoms with E-state index in [9.17, 15) is 4.79 Å². The Morgan fingerprint density at radius 1 is 1.40 bits per heavy atom. The van der Waals surface area contributed by atoms with Crippen molar-refractivity contribution < 1.29 is 14.3 Å². The van der Waals surface area contributed by atoms with Gasteiger partial charge in [0.25, 0.3) is 0 Å². The van der Waals surface area contributed by atoms with E-state index in [4.69, 9.17) is 4.74 Å². The van der Waals surface area contributed by atoms with E-state index >= 15 is 0 Å². The van der Waals surface area contributed by atoms with Gasteiger partial charge in [-0.2, -0.15) is 0 Å². The first-order valence-electron chi connectivity index (χ1n) is 5.93. The number of methoxy groups -OCH3 is 2. The SMILES string of the molecule is COC(=O)C=Cc1cn2c(n1)sc1cc(OC)ccc12. The molecule has 0 spiro atoms. The van der Waals surface area contributed by atoms with Gasteiger partial charge in [-0.3, -0.25) is 4.40 Å². The summed E-state index contributed by atoms with van der Waals surface area (Å²) in [5.74, 6) is 0.434. The molecule has 0 radical (unpaired) electrons. The summed E-state index contributed by atoms with van der Waals surface area (Å²) in [5, 5.41) is 0. The lowest BCUT2D eigenvalue weighted by Gasteiger charge is -1.98. The molecule has 0 N–H and O–H groups in total. The first-order valence-corrected chi connectivity index (χ1v) is 6.74. The lowest BCUT2D eigenvalue weighted by molar-refractivity contribution is -0.134. The van der Waals surface area contributed by atoms with Crippen LogP contribution in [0.5, 0.6) is 5.75 Å². The van der Waals surface area contributed by atoms with Crippen LogP contribution in [0.1, 0.15) is 5.69 Å². The molecule has 0 fully saturated rings. The number of carbonyl (C=O) groups excluding carboxylic acids is 1. The molecule has 0 saturated carbocycles. The van der Waals surface area contributed by atoms with E-state index in [1.54, 1.807) is 24.5 Å². The molecule has 0 aliphatic carbocycles. The topological polar surface area (TPSA) is 52.8 Å². The van der Waals surface area contributed by atoms with Gasteiger partial charge in [0.1, 0.15) is 5.75 Å². The second-order valence-corrected chi connectivity index (χ2v) is 5.12. The minimum atomic E-state index is -0.393. The Balaban J connectivity index is 2.04. The molecule has 3 aromatic rings. The normalized spacial score (nSPS) is 11.5. The van der Waals surface area contributed by atoms with Crippen LogP contribution in [0.2, 0.25) is 0 Å². The van der Waals surface area contributed by atoms with Crippen LogP contribution in [0.4, 0.5) is 0 Å². The number of rotatable bonds is 3. The molecule has 2 aromatic heterocycles. The summed E-state index contributed by atoms with van der Waals surface area (Å²) >= 11 is 1.57. The predicted octanol–water partition coefficient (Wildman–Crippen LogP) is 2.74. The Kier molecular flexibility index (Phi) is 3.15. The second-order valence-electron chi connectivity index (χ2n) is 4.11. The maximum Gasteiger partial charge on any atom is 0.330 e. The number of benzene rings is 1. The van der Waals surface area contributed by atoms with Crippen LogP contribution >= 0.6 is 11.3 Å². The first-order chi connectivity index (χ1) is 9.71. The number of nitrogens with zero attached hydrogens (tertiary/aromatic N) is 2. The summed E-state index contributed by atoms with van der Waals surface area (Å²) < 4.78 is 12.9. The van der Waals surface area contributed by atoms with E-state index in [1.807, 2.05) is 28.8 Å². The van der Waals surface area contributed by atoms with Gasteiger partial charge in [-0.15, -0.1) is 0 Å². The molecule has 102 valence electrons. The van der Waals surface area contributed by atoms with Crippen molar-refractivity contribution in [3.63, 3.8) is 0 Å². The monoisotopic (exact) mass is 288 g/mol. The number of carbonyl (C=O) groups is 1. The van der Waals surface area contributed by atoms with E-state index in [-0.39, 0.29) is 0 Å². The summed E-state index contributed by atoms with van der Waals surface area (Å²) in [6.45, 7) is 0. The van der Waals surface area contributed by atoms with Gasteiger partial charge in [0, 0.05) is 12.3 Å². The maximum atomic E-state index is 11.1. The highest BCUT2D eigenvalue weighted by Gasteiger charge is 2.08. The number of imidazole rings is 1. The lowest BCUT2D eigenvalue weighted by Crippen LogP contribution is -1.93. The van der Waals surface area contributed by atoms with E-state index in [0.717, 1.165) is 26.6 Å². The Morgan fingerprint density at radius 3 is 3.00 bits per heavy atom. The van der Waals surface area contributed by atoms with Crippen molar-refractivity contribution in [2.24, 2.45) is 0 Å². The van der Waals surface area contributed by atoms with Crippen molar-refractivity contribution >= 4 is 38.6 Å². The van der Waals surface area contributed by atoms with Crippen LogP contribution in [-0.4, -0.2) is 29.6 Å². The molecule has 6 heteroatoms. The van der Waals surface area contributed by atoms with Gasteiger partial charge >= 0.3 is 5.97 Å². The molecule has 0 bridgehead atoms. The van der Waals surface area contributed by atoms with Gasteiger partial charge in [-0.25, -0.2) is 9.78 Å². The largest absolute Gasteiger partial charge is 0.497 e. The lowest BCUT2D eigenvalue weighted by atomic mass is 10.3. The molecule has 0 aliphatic rings. The fourth-order valence-corrected chi connectivity index (χ4v) is 2.97. The molecule has 0 amide bonds. The molecule has 20 heavy (non-hydrogen) atoms. The number of thiazole rings is 1. The standard InChI is InChI=1S/C14H12N2O3S/c1-18-10-4-5-11-12(7-10)20-14-15-9(8-16(11)14)3-6-13(17)19-2/h3-8H,1-2H3. The number of hydrogen-bond acceptors (Lipinski definition) is 5. The zero-order valence-corrected chi connectivity index (χ0v) is 11.8. The number of hydrogen-bond donors (Lipinski definition) is 0. The van der Waals surface area contributed by atoms with Gasteiger partial charge < -0.3 is 9.47 Å². The number of fused-ring (bicyclic) bond motifs is 3. The van der Waals surface area contributed by atoms with E-state index in [0.29, 0.717) is 0 Å². The second kappa shape index (κ2) is 4.97. The van der Waals surface area contributed by atoms with Crippen molar-refractivity contribution in [2.45, 2.75) is 0 Å². The van der Waals surface area contributed by atoms with Crippen LogP contribution in [0, 0.1) is 0 Å².